The molecule has 2 heterocycles. The maximum absolute atomic E-state index is 14.0. The first-order chi connectivity index (χ1) is 20.6. The molecule has 2 aliphatic rings. The van der Waals surface area contributed by atoms with Gasteiger partial charge in [0.25, 0.3) is 5.56 Å². The Bertz CT molecular complexity index is 1530. The minimum Gasteiger partial charge on any atom is -0.496 e. The lowest BCUT2D eigenvalue weighted by Crippen LogP contribution is -2.54. The third-order valence-corrected chi connectivity index (χ3v) is 8.22. The fourth-order valence-corrected chi connectivity index (χ4v) is 5.74. The van der Waals surface area contributed by atoms with E-state index in [2.05, 4.69) is 15.7 Å². The molecule has 1 aliphatic carbocycles. The number of hydrogen-bond donors (Lipinski definition) is 2. The van der Waals surface area contributed by atoms with Crippen LogP contribution in [-0.2, 0) is 17.9 Å². The van der Waals surface area contributed by atoms with Gasteiger partial charge in [0.05, 0.1) is 19.9 Å². The molecule has 0 bridgehead atoms. The number of carbonyl (C=O) groups is 2. The molecule has 1 aromatic carbocycles. The number of benzene rings is 1. The van der Waals surface area contributed by atoms with Crippen molar-refractivity contribution in [3.8, 4) is 17.2 Å². The van der Waals surface area contributed by atoms with Gasteiger partial charge in [0.1, 0.15) is 22.1 Å². The number of unbranched alkanes of at least 4 members (excludes halogenated alkanes) is 2. The summed E-state index contributed by atoms with van der Waals surface area (Å²) in [7, 11) is 2.90. The monoisotopic (exact) mass is 617 g/mol. The first-order valence-electron chi connectivity index (χ1n) is 14.8. The smallest absolute Gasteiger partial charge is 0.347 e. The maximum atomic E-state index is 14.0. The molecule has 1 aromatic heterocycles. The summed E-state index contributed by atoms with van der Waals surface area (Å²) in [6.45, 7) is 7.27. The van der Waals surface area contributed by atoms with Crippen molar-refractivity contribution in [2.45, 2.75) is 78.0 Å². The van der Waals surface area contributed by atoms with Gasteiger partial charge in [-0.3, -0.25) is 19.0 Å². The number of allylic oxidation sites excluding steroid dienone is 1. The van der Waals surface area contributed by atoms with Gasteiger partial charge in [0.2, 0.25) is 17.2 Å². The third-order valence-electron chi connectivity index (χ3n) is 7.87. The van der Waals surface area contributed by atoms with E-state index in [9.17, 15) is 19.2 Å². The largest absolute Gasteiger partial charge is 0.496 e. The number of halogens is 1. The molecule has 43 heavy (non-hydrogen) atoms. The minimum atomic E-state index is -1.49. The van der Waals surface area contributed by atoms with E-state index in [-0.39, 0.29) is 45.9 Å². The van der Waals surface area contributed by atoms with Crippen LogP contribution in [-0.4, -0.2) is 58.8 Å². The van der Waals surface area contributed by atoms with E-state index < -0.39 is 22.8 Å². The molecule has 0 unspecified atom stereocenters. The molecule has 2 atom stereocenters. The number of methoxy groups -OCH3 is 2. The second-order valence-corrected chi connectivity index (χ2v) is 11.2. The number of aromatic nitrogens is 3. The fourth-order valence-electron chi connectivity index (χ4n) is 5.48. The topological polar surface area (TPSA) is 143 Å². The van der Waals surface area contributed by atoms with E-state index in [0.29, 0.717) is 50.5 Å². The SMILES string of the molecule is CCCCn1nc(NCCCNC2=CC(=O)C[C@@H](C)[C@]23Oc2c(Cl)c(OC)cc(OC)c2C3=O)c(=O)n(CCCC)c1=O. The first-order valence-corrected chi connectivity index (χ1v) is 15.1. The number of nitrogens with zero attached hydrogens (tertiary/aromatic N) is 3. The summed E-state index contributed by atoms with van der Waals surface area (Å²) in [5.41, 5.74) is -1.80. The van der Waals surface area contributed by atoms with Crippen LogP contribution in [0.5, 0.6) is 17.2 Å². The summed E-state index contributed by atoms with van der Waals surface area (Å²) in [5, 5.41) is 10.8. The zero-order chi connectivity index (χ0) is 31.3. The van der Waals surface area contributed by atoms with Crippen molar-refractivity contribution in [2.75, 3.05) is 32.6 Å². The van der Waals surface area contributed by atoms with Crippen molar-refractivity contribution in [3.05, 3.63) is 49.3 Å². The highest BCUT2D eigenvalue weighted by Crippen LogP contribution is 2.53. The molecule has 1 aliphatic heterocycles. The van der Waals surface area contributed by atoms with E-state index >= 15 is 0 Å². The Morgan fingerprint density at radius 1 is 1.02 bits per heavy atom. The van der Waals surface area contributed by atoms with Crippen LogP contribution in [0.2, 0.25) is 5.02 Å². The number of carbonyl (C=O) groups excluding carboxylic acids is 2. The second kappa shape index (κ2) is 13.7. The van der Waals surface area contributed by atoms with Gasteiger partial charge >= 0.3 is 5.69 Å². The molecule has 0 fully saturated rings. The Kier molecular flexibility index (Phi) is 10.2. The van der Waals surface area contributed by atoms with E-state index in [1.54, 1.807) is 6.92 Å². The molecule has 0 saturated carbocycles. The minimum absolute atomic E-state index is 0.115. The van der Waals surface area contributed by atoms with Gasteiger partial charge in [-0.1, -0.05) is 45.2 Å². The zero-order valence-corrected chi connectivity index (χ0v) is 26.1. The Balaban J connectivity index is 1.51. The summed E-state index contributed by atoms with van der Waals surface area (Å²) in [6.07, 6.45) is 5.24. The van der Waals surface area contributed by atoms with Crippen LogP contribution in [0.4, 0.5) is 5.82 Å². The number of Topliss-reactive ketones (excluding diaryl/α,β-unsaturated/α-hetero) is 1. The molecule has 234 valence electrons. The molecular formula is C30H40ClN5O7. The number of aryl methyl sites for hydroxylation is 1. The maximum Gasteiger partial charge on any atom is 0.347 e. The van der Waals surface area contributed by atoms with Gasteiger partial charge in [0, 0.05) is 50.7 Å². The van der Waals surface area contributed by atoms with E-state index in [1.807, 2.05) is 13.8 Å². The Morgan fingerprint density at radius 2 is 1.70 bits per heavy atom. The first kappa shape index (κ1) is 32.1. The number of ether oxygens (including phenoxy) is 3. The Hall–Kier alpha value is -3.80. The Morgan fingerprint density at radius 3 is 2.37 bits per heavy atom. The van der Waals surface area contributed by atoms with Gasteiger partial charge in [-0.25, -0.2) is 9.48 Å². The normalized spacial score (nSPS) is 19.2. The lowest BCUT2D eigenvalue weighted by molar-refractivity contribution is -0.117. The van der Waals surface area contributed by atoms with Crippen molar-refractivity contribution < 1.29 is 23.8 Å². The number of fused-ring (bicyclic) bond motifs is 1. The lowest BCUT2D eigenvalue weighted by Gasteiger charge is -2.38. The molecule has 12 nitrogen and oxygen atoms in total. The second-order valence-electron chi connectivity index (χ2n) is 10.8. The van der Waals surface area contributed by atoms with Crippen LogP contribution in [0, 0.1) is 5.92 Å². The summed E-state index contributed by atoms with van der Waals surface area (Å²) >= 11 is 6.55. The Labute approximate surface area is 255 Å². The summed E-state index contributed by atoms with van der Waals surface area (Å²) in [4.78, 5) is 52.4. The average Bonchev–Trinajstić information content (AvgIpc) is 3.30. The van der Waals surface area contributed by atoms with Crippen LogP contribution in [0.25, 0.3) is 0 Å². The fraction of sp³-hybridized carbons (Fsp3) is 0.567. The number of hydrogen-bond acceptors (Lipinski definition) is 10. The molecule has 13 heteroatoms. The van der Waals surface area contributed by atoms with Crippen molar-refractivity contribution >= 4 is 29.0 Å². The molecule has 2 N–H and O–H groups in total. The van der Waals surface area contributed by atoms with Crippen molar-refractivity contribution in [2.24, 2.45) is 5.92 Å². The summed E-state index contributed by atoms with van der Waals surface area (Å²) < 4.78 is 19.8. The van der Waals surface area contributed by atoms with E-state index in [4.69, 9.17) is 25.8 Å². The van der Waals surface area contributed by atoms with Crippen LogP contribution >= 0.6 is 11.6 Å². The average molecular weight is 618 g/mol. The van der Waals surface area contributed by atoms with Gasteiger partial charge < -0.3 is 24.8 Å². The highest BCUT2D eigenvalue weighted by Gasteiger charge is 2.58. The zero-order valence-electron chi connectivity index (χ0n) is 25.4. The predicted molar refractivity (Wildman–Crippen MR) is 163 cm³/mol. The van der Waals surface area contributed by atoms with Crippen molar-refractivity contribution in [1.29, 1.82) is 0 Å². The van der Waals surface area contributed by atoms with Gasteiger partial charge in [-0.05, 0) is 19.3 Å². The highest BCUT2D eigenvalue weighted by molar-refractivity contribution is 6.35. The van der Waals surface area contributed by atoms with E-state index in [1.165, 1.54) is 35.6 Å². The number of nitrogens with one attached hydrogen (secondary N) is 2. The van der Waals surface area contributed by atoms with Gasteiger partial charge in [0.15, 0.2) is 11.5 Å². The van der Waals surface area contributed by atoms with Crippen LogP contribution in [0.15, 0.2) is 27.4 Å². The number of anilines is 1. The van der Waals surface area contributed by atoms with Gasteiger partial charge in [-0.2, -0.15) is 0 Å². The van der Waals surface area contributed by atoms with Crippen molar-refractivity contribution in [3.63, 3.8) is 0 Å². The van der Waals surface area contributed by atoms with Crippen molar-refractivity contribution in [1.82, 2.24) is 19.7 Å². The lowest BCUT2D eigenvalue weighted by atomic mass is 9.74. The van der Waals surface area contributed by atoms with Crippen LogP contribution in [0.3, 0.4) is 0 Å². The predicted octanol–water partition coefficient (Wildman–Crippen LogP) is 3.57. The van der Waals surface area contributed by atoms with E-state index in [0.717, 1.165) is 19.3 Å². The molecule has 4 rings (SSSR count). The highest BCUT2D eigenvalue weighted by atomic mass is 35.5. The standard InChI is InChI=1S/C30H40ClN5O7/c1-6-8-13-35-28(39)27(34-36(29(35)40)14-9-7-2)33-12-10-11-32-22-16-19(37)15-18(3)30(22)26(38)23-20(41-4)17-21(42-5)24(31)25(23)43-30/h16-18,32H,6-15H2,1-5H3,(H,33,34)/t18-,30+/m1/s1. The molecular weight excluding hydrogens is 578 g/mol. The molecule has 1 spiro atoms. The third kappa shape index (κ3) is 6.02. The summed E-state index contributed by atoms with van der Waals surface area (Å²) in [5.74, 6) is -0.142. The molecule has 2 aromatic rings. The molecule has 0 amide bonds. The van der Waals surface area contributed by atoms with Crippen LogP contribution < -0.4 is 36.1 Å². The summed E-state index contributed by atoms with van der Waals surface area (Å²) in [6, 6.07) is 1.54. The number of ketones is 2. The number of rotatable bonds is 14. The van der Waals surface area contributed by atoms with Gasteiger partial charge in [-0.15, -0.1) is 5.10 Å². The quantitative estimate of drug-likeness (QED) is 0.302. The molecule has 0 saturated heterocycles. The van der Waals surface area contributed by atoms with Crippen LogP contribution in [0.1, 0.15) is 69.7 Å². The molecule has 0 radical (unpaired) electrons.